The van der Waals surface area contributed by atoms with E-state index in [0.717, 1.165) is 15.1 Å². The van der Waals surface area contributed by atoms with Crippen molar-refractivity contribution in [3.05, 3.63) is 55.7 Å². The van der Waals surface area contributed by atoms with Gasteiger partial charge in [0.25, 0.3) is 17.5 Å². The number of nitrogens with one attached hydrogen (secondary N) is 2. The predicted molar refractivity (Wildman–Crippen MR) is 111 cm³/mol. The molecule has 0 unspecified atom stereocenters. The van der Waals surface area contributed by atoms with E-state index in [-0.39, 0.29) is 11.3 Å². The Morgan fingerprint density at radius 1 is 1.10 bits per heavy atom. The Kier molecular flexibility index (Phi) is 4.97. The minimum Gasteiger partial charge on any atom is -0.466 e. The number of pyridine rings is 1. The molecule has 148 valence electrons. The Morgan fingerprint density at radius 3 is 2.52 bits per heavy atom. The SMILES string of the molecule is Cc1cc(-c2cc(C(=O)NNC(=O)c3ccc(Br)s3)c3c(C)noc3n2)c(C)o1. The molecule has 4 rings (SSSR count). The number of furan rings is 1. The van der Waals surface area contributed by atoms with Gasteiger partial charge in [-0.15, -0.1) is 11.3 Å². The number of aryl methyl sites for hydroxylation is 3. The van der Waals surface area contributed by atoms with Crippen molar-refractivity contribution < 1.29 is 18.5 Å². The highest BCUT2D eigenvalue weighted by Gasteiger charge is 2.21. The maximum atomic E-state index is 12.9. The van der Waals surface area contributed by atoms with Crippen LogP contribution in [0.25, 0.3) is 22.4 Å². The minimum absolute atomic E-state index is 0.233. The number of hydrogen-bond acceptors (Lipinski definition) is 7. The molecule has 4 aromatic heterocycles. The van der Waals surface area contributed by atoms with Crippen molar-refractivity contribution in [2.75, 3.05) is 0 Å². The van der Waals surface area contributed by atoms with E-state index in [1.54, 1.807) is 25.1 Å². The van der Waals surface area contributed by atoms with E-state index >= 15 is 0 Å². The number of halogens is 1. The minimum atomic E-state index is -0.508. The smallest absolute Gasteiger partial charge is 0.279 e. The molecule has 0 aliphatic rings. The first-order valence-electron chi connectivity index (χ1n) is 8.54. The standard InChI is InChI=1S/C19H15BrN4O4S/c1-8-6-11(10(3)27-8)13-7-12(16-9(2)24-28-19(16)21-13)17(25)22-23-18(26)14-4-5-15(20)29-14/h4-7H,1-3H3,(H,22,25)(H,23,26). The molecule has 4 heterocycles. The number of thiophene rings is 1. The Hall–Kier alpha value is -2.98. The summed E-state index contributed by atoms with van der Waals surface area (Å²) in [7, 11) is 0. The highest BCUT2D eigenvalue weighted by atomic mass is 79.9. The molecule has 0 fully saturated rings. The van der Waals surface area contributed by atoms with Crippen LogP contribution in [0.1, 0.15) is 37.2 Å². The quantitative estimate of drug-likeness (QED) is 0.428. The molecule has 2 N–H and O–H groups in total. The second-order valence-corrected chi connectivity index (χ2v) is 8.81. The van der Waals surface area contributed by atoms with Crippen LogP contribution in [-0.2, 0) is 0 Å². The van der Waals surface area contributed by atoms with Gasteiger partial charge < -0.3 is 8.94 Å². The lowest BCUT2D eigenvalue weighted by atomic mass is 10.1. The number of hydrazine groups is 1. The number of nitrogens with zero attached hydrogens (tertiary/aromatic N) is 2. The van der Waals surface area contributed by atoms with E-state index in [1.807, 2.05) is 19.9 Å². The first-order chi connectivity index (χ1) is 13.8. The van der Waals surface area contributed by atoms with Gasteiger partial charge in [0, 0.05) is 5.56 Å². The van der Waals surface area contributed by atoms with Crippen molar-refractivity contribution in [3.8, 4) is 11.3 Å². The zero-order valence-electron chi connectivity index (χ0n) is 15.6. The third-order valence-corrected chi connectivity index (χ3v) is 5.89. The highest BCUT2D eigenvalue weighted by Crippen LogP contribution is 2.30. The molecule has 0 aromatic carbocycles. The molecule has 0 atom stereocenters. The molecule has 29 heavy (non-hydrogen) atoms. The Labute approximate surface area is 177 Å². The molecule has 2 amide bonds. The van der Waals surface area contributed by atoms with E-state index in [0.29, 0.717) is 27.4 Å². The van der Waals surface area contributed by atoms with Crippen LogP contribution in [0.3, 0.4) is 0 Å². The summed E-state index contributed by atoms with van der Waals surface area (Å²) in [4.78, 5) is 30.0. The van der Waals surface area contributed by atoms with Crippen molar-refractivity contribution >= 4 is 50.2 Å². The molecule has 0 saturated carbocycles. The Bertz CT molecular complexity index is 1260. The van der Waals surface area contributed by atoms with Gasteiger partial charge in [0.2, 0.25) is 0 Å². The van der Waals surface area contributed by atoms with Crippen LogP contribution in [0.4, 0.5) is 0 Å². The van der Waals surface area contributed by atoms with E-state index in [2.05, 4.69) is 36.9 Å². The lowest BCUT2D eigenvalue weighted by Crippen LogP contribution is -2.41. The lowest BCUT2D eigenvalue weighted by Gasteiger charge is -2.08. The summed E-state index contributed by atoms with van der Waals surface area (Å²) in [5.74, 6) is 0.483. The summed E-state index contributed by atoms with van der Waals surface area (Å²) < 4.78 is 11.7. The number of amides is 2. The third-order valence-electron chi connectivity index (χ3n) is 4.27. The average molecular weight is 475 g/mol. The first kappa shape index (κ1) is 19.3. The van der Waals surface area contributed by atoms with Crippen LogP contribution in [0, 0.1) is 20.8 Å². The molecule has 0 spiro atoms. The van der Waals surface area contributed by atoms with Crippen molar-refractivity contribution in [3.63, 3.8) is 0 Å². The van der Waals surface area contributed by atoms with Crippen LogP contribution >= 0.6 is 27.3 Å². The monoisotopic (exact) mass is 474 g/mol. The number of hydrogen-bond donors (Lipinski definition) is 2. The number of rotatable bonds is 3. The second-order valence-electron chi connectivity index (χ2n) is 6.34. The summed E-state index contributed by atoms with van der Waals surface area (Å²) >= 11 is 4.57. The molecular formula is C19H15BrN4O4S. The molecule has 10 heteroatoms. The van der Waals surface area contributed by atoms with E-state index in [4.69, 9.17) is 8.94 Å². The average Bonchev–Trinajstić information content (AvgIpc) is 3.37. The van der Waals surface area contributed by atoms with Gasteiger partial charge in [-0.2, -0.15) is 0 Å². The van der Waals surface area contributed by atoms with Gasteiger partial charge >= 0.3 is 0 Å². The molecule has 4 aromatic rings. The van der Waals surface area contributed by atoms with Crippen LogP contribution in [-0.4, -0.2) is 22.0 Å². The number of aromatic nitrogens is 2. The number of fused-ring (bicyclic) bond motifs is 1. The van der Waals surface area contributed by atoms with E-state index in [1.165, 1.54) is 11.3 Å². The topological polar surface area (TPSA) is 110 Å². The Morgan fingerprint density at radius 2 is 1.86 bits per heavy atom. The van der Waals surface area contributed by atoms with Crippen LogP contribution in [0.15, 0.2) is 37.0 Å². The van der Waals surface area contributed by atoms with Gasteiger partial charge in [-0.25, -0.2) is 4.98 Å². The second kappa shape index (κ2) is 7.45. The molecule has 0 radical (unpaired) electrons. The van der Waals surface area contributed by atoms with Crippen LogP contribution in [0.5, 0.6) is 0 Å². The molecule has 0 bridgehead atoms. The fourth-order valence-corrected chi connectivity index (χ4v) is 4.26. The maximum Gasteiger partial charge on any atom is 0.279 e. The lowest BCUT2D eigenvalue weighted by molar-refractivity contribution is 0.0850. The van der Waals surface area contributed by atoms with Gasteiger partial charge in [-0.3, -0.25) is 20.4 Å². The molecule has 0 aliphatic heterocycles. The molecule has 0 aliphatic carbocycles. The fourth-order valence-electron chi connectivity index (χ4n) is 2.98. The first-order valence-corrected chi connectivity index (χ1v) is 10.1. The summed E-state index contributed by atoms with van der Waals surface area (Å²) in [5.41, 5.74) is 7.18. The highest BCUT2D eigenvalue weighted by molar-refractivity contribution is 9.11. The summed E-state index contributed by atoms with van der Waals surface area (Å²) in [6, 6.07) is 6.89. The number of carbonyl (C=O) groups is 2. The van der Waals surface area contributed by atoms with Gasteiger partial charge in [0.05, 0.1) is 31.0 Å². The van der Waals surface area contributed by atoms with Crippen molar-refractivity contribution in [2.24, 2.45) is 0 Å². The zero-order valence-corrected chi connectivity index (χ0v) is 18.0. The fraction of sp³-hybridized carbons (Fsp3) is 0.158. The molecule has 8 nitrogen and oxygen atoms in total. The predicted octanol–water partition coefficient (Wildman–Crippen LogP) is 4.31. The van der Waals surface area contributed by atoms with Gasteiger partial charge in [0.1, 0.15) is 11.5 Å². The van der Waals surface area contributed by atoms with Crippen molar-refractivity contribution in [1.29, 1.82) is 0 Å². The molecule has 0 saturated heterocycles. The summed E-state index contributed by atoms with van der Waals surface area (Å²) in [6.45, 7) is 5.37. The normalized spacial score (nSPS) is 11.0. The van der Waals surface area contributed by atoms with Crippen molar-refractivity contribution in [1.82, 2.24) is 21.0 Å². The van der Waals surface area contributed by atoms with E-state index in [9.17, 15) is 9.59 Å². The summed E-state index contributed by atoms with van der Waals surface area (Å²) in [6.07, 6.45) is 0. The zero-order chi connectivity index (χ0) is 20.7. The van der Waals surface area contributed by atoms with Crippen LogP contribution < -0.4 is 10.9 Å². The number of carbonyl (C=O) groups excluding carboxylic acids is 2. The van der Waals surface area contributed by atoms with Gasteiger partial charge in [0.15, 0.2) is 0 Å². The van der Waals surface area contributed by atoms with Crippen LogP contribution in [0.2, 0.25) is 0 Å². The third kappa shape index (κ3) is 3.68. The molecular weight excluding hydrogens is 460 g/mol. The van der Waals surface area contributed by atoms with Gasteiger partial charge in [-0.05, 0) is 61.0 Å². The largest absolute Gasteiger partial charge is 0.466 e. The maximum absolute atomic E-state index is 12.9. The van der Waals surface area contributed by atoms with E-state index < -0.39 is 11.8 Å². The van der Waals surface area contributed by atoms with Crippen molar-refractivity contribution in [2.45, 2.75) is 20.8 Å². The van der Waals surface area contributed by atoms with Gasteiger partial charge in [-0.1, -0.05) is 5.16 Å². The Balaban J connectivity index is 1.68. The summed E-state index contributed by atoms with van der Waals surface area (Å²) in [5, 5.41) is 4.40.